The molecule has 7 nitrogen and oxygen atoms in total. The van der Waals surface area contributed by atoms with Crippen molar-refractivity contribution in [2.45, 2.75) is 25.7 Å². The number of H-pyrrole nitrogens is 2. The molecule has 0 unspecified atom stereocenters. The summed E-state index contributed by atoms with van der Waals surface area (Å²) in [5, 5.41) is 2.87. The highest BCUT2D eigenvalue weighted by Crippen LogP contribution is 2.31. The van der Waals surface area contributed by atoms with Crippen molar-refractivity contribution < 1.29 is 9.59 Å². The van der Waals surface area contributed by atoms with Gasteiger partial charge >= 0.3 is 5.69 Å². The Balaban J connectivity index is 1.31. The van der Waals surface area contributed by atoms with Crippen LogP contribution >= 0.6 is 0 Å². The number of imidazole rings is 1. The second kappa shape index (κ2) is 6.37. The quantitative estimate of drug-likeness (QED) is 0.654. The number of fused-ring (bicyclic) bond motifs is 2. The van der Waals surface area contributed by atoms with Crippen molar-refractivity contribution in [2.75, 3.05) is 16.8 Å². The minimum atomic E-state index is -0.401. The number of hydrogen-bond donors (Lipinski definition) is 3. The molecule has 3 aromatic rings. The van der Waals surface area contributed by atoms with Crippen LogP contribution in [0.1, 0.15) is 24.0 Å². The summed E-state index contributed by atoms with van der Waals surface area (Å²) in [6.07, 6.45) is 3.52. The van der Waals surface area contributed by atoms with Gasteiger partial charge in [-0.15, -0.1) is 0 Å². The van der Waals surface area contributed by atoms with Crippen molar-refractivity contribution in [3.63, 3.8) is 0 Å². The fourth-order valence-electron chi connectivity index (χ4n) is 4.21. The van der Waals surface area contributed by atoms with Gasteiger partial charge in [0.2, 0.25) is 11.8 Å². The number of amides is 2. The number of rotatable bonds is 3. The average Bonchev–Trinajstić information content (AvgIpc) is 3.37. The van der Waals surface area contributed by atoms with E-state index in [2.05, 4.69) is 27.4 Å². The first kappa shape index (κ1) is 16.8. The molecule has 1 aromatic heterocycles. The van der Waals surface area contributed by atoms with E-state index in [0.29, 0.717) is 23.3 Å². The fourth-order valence-corrected chi connectivity index (χ4v) is 4.21. The zero-order valence-corrected chi connectivity index (χ0v) is 15.2. The van der Waals surface area contributed by atoms with E-state index in [1.54, 1.807) is 23.1 Å². The van der Waals surface area contributed by atoms with Gasteiger partial charge in [0.15, 0.2) is 0 Å². The van der Waals surface area contributed by atoms with Crippen molar-refractivity contribution in [3.8, 4) is 0 Å². The lowest BCUT2D eigenvalue weighted by atomic mass is 10.1. The summed E-state index contributed by atoms with van der Waals surface area (Å²) < 4.78 is 0. The van der Waals surface area contributed by atoms with Crippen LogP contribution < -0.4 is 15.9 Å². The Morgan fingerprint density at radius 3 is 2.71 bits per heavy atom. The number of aromatic amines is 2. The van der Waals surface area contributed by atoms with Gasteiger partial charge < -0.3 is 20.2 Å². The van der Waals surface area contributed by atoms with Crippen molar-refractivity contribution in [1.29, 1.82) is 0 Å². The molecule has 0 bridgehead atoms. The van der Waals surface area contributed by atoms with Gasteiger partial charge in [-0.3, -0.25) is 9.59 Å². The maximum atomic E-state index is 12.7. The lowest BCUT2D eigenvalue weighted by molar-refractivity contribution is -0.122. The minimum absolute atomic E-state index is 0.0245. The molecule has 0 spiro atoms. The standard InChI is InChI=1S/C21H20N4O3/c26-19-9-14(11-25(19)16-6-4-12-2-1-3-13(12)8-16)20(27)22-15-5-7-17-18(10-15)24-21(28)23-17/h4-8,10,14H,1-3,9,11H2,(H,22,27)(H2,23,24,28)/t14-/m0/s1. The van der Waals surface area contributed by atoms with E-state index in [1.165, 1.54) is 11.1 Å². The number of nitrogens with zero attached hydrogens (tertiary/aromatic N) is 1. The van der Waals surface area contributed by atoms with E-state index in [0.717, 1.165) is 24.9 Å². The van der Waals surface area contributed by atoms with Crippen molar-refractivity contribution >= 4 is 34.2 Å². The van der Waals surface area contributed by atoms with Crippen LogP contribution in [0.25, 0.3) is 11.0 Å². The normalized spacial score (nSPS) is 18.6. The molecule has 2 amide bonds. The second-order valence-corrected chi connectivity index (χ2v) is 7.54. The van der Waals surface area contributed by atoms with E-state index in [-0.39, 0.29) is 23.9 Å². The first-order chi connectivity index (χ1) is 13.6. The molecule has 142 valence electrons. The summed E-state index contributed by atoms with van der Waals surface area (Å²) in [5.41, 5.74) is 5.18. The molecular formula is C21H20N4O3. The third kappa shape index (κ3) is 2.89. The zero-order chi connectivity index (χ0) is 19.3. The Morgan fingerprint density at radius 2 is 1.82 bits per heavy atom. The average molecular weight is 376 g/mol. The molecule has 0 saturated carbocycles. The van der Waals surface area contributed by atoms with Gasteiger partial charge in [-0.1, -0.05) is 6.07 Å². The molecule has 2 aliphatic rings. The van der Waals surface area contributed by atoms with Gasteiger partial charge in [0.25, 0.3) is 0 Å². The topological polar surface area (TPSA) is 98.1 Å². The summed E-state index contributed by atoms with van der Waals surface area (Å²) in [7, 11) is 0. The fraction of sp³-hybridized carbons (Fsp3) is 0.286. The van der Waals surface area contributed by atoms with E-state index in [4.69, 9.17) is 0 Å². The van der Waals surface area contributed by atoms with Crippen LogP contribution in [0.5, 0.6) is 0 Å². The van der Waals surface area contributed by atoms with Gasteiger partial charge in [-0.05, 0) is 60.7 Å². The number of hydrogen-bond acceptors (Lipinski definition) is 3. The molecule has 28 heavy (non-hydrogen) atoms. The number of nitrogens with one attached hydrogen (secondary N) is 3. The maximum Gasteiger partial charge on any atom is 0.323 e. The molecule has 1 atom stereocenters. The summed E-state index contributed by atoms with van der Waals surface area (Å²) >= 11 is 0. The molecule has 7 heteroatoms. The first-order valence-electron chi connectivity index (χ1n) is 9.52. The van der Waals surface area contributed by atoms with Gasteiger partial charge in [0, 0.05) is 24.3 Å². The molecule has 2 heterocycles. The summed E-state index contributed by atoms with van der Waals surface area (Å²) in [6, 6.07) is 11.4. The van der Waals surface area contributed by atoms with Gasteiger partial charge in [0.1, 0.15) is 0 Å². The molecule has 1 fully saturated rings. The smallest absolute Gasteiger partial charge is 0.323 e. The molecule has 0 radical (unpaired) electrons. The van der Waals surface area contributed by atoms with Gasteiger partial charge in [0.05, 0.1) is 17.0 Å². The zero-order valence-electron chi connectivity index (χ0n) is 15.2. The Labute approximate surface area is 160 Å². The van der Waals surface area contributed by atoms with Crippen LogP contribution in [0.4, 0.5) is 11.4 Å². The third-order valence-electron chi connectivity index (χ3n) is 5.67. The summed E-state index contributed by atoms with van der Waals surface area (Å²) in [4.78, 5) is 43.6. The van der Waals surface area contributed by atoms with Crippen LogP contribution in [0, 0.1) is 5.92 Å². The van der Waals surface area contributed by atoms with E-state index in [9.17, 15) is 14.4 Å². The van der Waals surface area contributed by atoms with Crippen molar-refractivity contribution in [2.24, 2.45) is 5.92 Å². The highest BCUT2D eigenvalue weighted by atomic mass is 16.2. The predicted molar refractivity (Wildman–Crippen MR) is 106 cm³/mol. The molecule has 1 saturated heterocycles. The second-order valence-electron chi connectivity index (χ2n) is 7.54. The van der Waals surface area contributed by atoms with Crippen LogP contribution in [-0.2, 0) is 22.4 Å². The van der Waals surface area contributed by atoms with Crippen LogP contribution in [0.15, 0.2) is 41.2 Å². The van der Waals surface area contributed by atoms with E-state index in [1.807, 2.05) is 6.07 Å². The molecule has 1 aliphatic carbocycles. The van der Waals surface area contributed by atoms with E-state index < -0.39 is 5.92 Å². The number of anilines is 2. The number of aryl methyl sites for hydroxylation is 2. The monoisotopic (exact) mass is 376 g/mol. The number of carbonyl (C=O) groups is 2. The largest absolute Gasteiger partial charge is 0.326 e. The van der Waals surface area contributed by atoms with Crippen LogP contribution in [0.3, 0.4) is 0 Å². The first-order valence-corrected chi connectivity index (χ1v) is 9.52. The number of benzene rings is 2. The molecule has 3 N–H and O–H groups in total. The van der Waals surface area contributed by atoms with Crippen LogP contribution in [0.2, 0.25) is 0 Å². The molecular weight excluding hydrogens is 356 g/mol. The number of carbonyl (C=O) groups excluding carboxylic acids is 2. The Kier molecular flexibility index (Phi) is 3.82. The van der Waals surface area contributed by atoms with Gasteiger partial charge in [-0.2, -0.15) is 0 Å². The van der Waals surface area contributed by atoms with E-state index >= 15 is 0 Å². The van der Waals surface area contributed by atoms with Crippen molar-refractivity contribution in [1.82, 2.24) is 9.97 Å². The van der Waals surface area contributed by atoms with Gasteiger partial charge in [-0.25, -0.2) is 4.79 Å². The van der Waals surface area contributed by atoms with Crippen LogP contribution in [-0.4, -0.2) is 28.3 Å². The summed E-state index contributed by atoms with van der Waals surface area (Å²) in [5.74, 6) is -0.612. The summed E-state index contributed by atoms with van der Waals surface area (Å²) in [6.45, 7) is 0.382. The third-order valence-corrected chi connectivity index (χ3v) is 5.67. The maximum absolute atomic E-state index is 12.7. The Hall–Kier alpha value is -3.35. The minimum Gasteiger partial charge on any atom is -0.326 e. The molecule has 2 aromatic carbocycles. The number of aromatic nitrogens is 2. The predicted octanol–water partition coefficient (Wildman–Crippen LogP) is 2.34. The Morgan fingerprint density at radius 1 is 1.00 bits per heavy atom. The SMILES string of the molecule is O=C(Nc1ccc2[nH]c(=O)[nH]c2c1)[C@H]1CC(=O)N(c2ccc3c(c2)CCC3)C1. The molecule has 1 aliphatic heterocycles. The highest BCUT2D eigenvalue weighted by Gasteiger charge is 2.35. The Bertz CT molecular complexity index is 1160. The lowest BCUT2D eigenvalue weighted by Crippen LogP contribution is -2.28. The highest BCUT2D eigenvalue weighted by molar-refractivity contribution is 6.04. The lowest BCUT2D eigenvalue weighted by Gasteiger charge is -2.18. The van der Waals surface area contributed by atoms with Crippen molar-refractivity contribution in [3.05, 3.63) is 58.0 Å². The molecule has 5 rings (SSSR count).